The molecule has 0 amide bonds. The Morgan fingerprint density at radius 2 is 2.06 bits per heavy atom. The molecule has 0 aliphatic heterocycles. The summed E-state index contributed by atoms with van der Waals surface area (Å²) in [5.74, 6) is -0.972. The van der Waals surface area contributed by atoms with Crippen molar-refractivity contribution in [1.29, 1.82) is 0 Å². The van der Waals surface area contributed by atoms with Crippen LogP contribution in [0.4, 0.5) is 0 Å². The number of hydrogen-bond donors (Lipinski definition) is 1. The molecule has 0 bridgehead atoms. The fourth-order valence-electron chi connectivity index (χ4n) is 2.25. The molecule has 0 aromatic carbocycles. The highest BCUT2D eigenvalue weighted by Crippen LogP contribution is 2.31. The predicted molar refractivity (Wildman–Crippen MR) is 57.1 cm³/mol. The molecule has 0 saturated heterocycles. The van der Waals surface area contributed by atoms with E-state index in [1.165, 1.54) is 6.20 Å². The SMILES string of the molecule is O=C(O)C1CCC(n2cccnc2=O)CC1. The van der Waals surface area contributed by atoms with Gasteiger partial charge in [-0.25, -0.2) is 9.78 Å². The van der Waals surface area contributed by atoms with E-state index < -0.39 is 5.97 Å². The van der Waals surface area contributed by atoms with Gasteiger partial charge in [0.2, 0.25) is 0 Å². The van der Waals surface area contributed by atoms with Gasteiger partial charge in [0.05, 0.1) is 5.92 Å². The van der Waals surface area contributed by atoms with Crippen molar-refractivity contribution in [2.75, 3.05) is 0 Å². The molecule has 0 spiro atoms. The van der Waals surface area contributed by atoms with Gasteiger partial charge in [0.25, 0.3) is 0 Å². The maximum absolute atomic E-state index is 11.5. The van der Waals surface area contributed by atoms with E-state index >= 15 is 0 Å². The third kappa shape index (κ3) is 2.13. The van der Waals surface area contributed by atoms with E-state index in [2.05, 4.69) is 4.98 Å². The zero-order valence-corrected chi connectivity index (χ0v) is 8.87. The van der Waals surface area contributed by atoms with Crippen LogP contribution in [0, 0.1) is 5.92 Å². The lowest BCUT2D eigenvalue weighted by Crippen LogP contribution is -2.30. The highest BCUT2D eigenvalue weighted by Gasteiger charge is 2.26. The zero-order chi connectivity index (χ0) is 11.5. The van der Waals surface area contributed by atoms with Crippen LogP contribution in [-0.2, 0) is 4.79 Å². The van der Waals surface area contributed by atoms with Crippen LogP contribution in [0.25, 0.3) is 0 Å². The number of aromatic nitrogens is 2. The van der Waals surface area contributed by atoms with E-state index in [1.54, 1.807) is 16.8 Å². The molecule has 1 aliphatic rings. The van der Waals surface area contributed by atoms with Crippen molar-refractivity contribution in [3.05, 3.63) is 28.9 Å². The number of hydrogen-bond acceptors (Lipinski definition) is 3. The Kier molecular flexibility index (Phi) is 3.03. The Hall–Kier alpha value is -1.65. The van der Waals surface area contributed by atoms with Gasteiger partial charge < -0.3 is 5.11 Å². The number of carboxylic acid groups (broad SMARTS) is 1. The minimum Gasteiger partial charge on any atom is -0.481 e. The van der Waals surface area contributed by atoms with Crippen molar-refractivity contribution in [3.63, 3.8) is 0 Å². The number of aliphatic carboxylic acids is 1. The van der Waals surface area contributed by atoms with Crippen LogP contribution >= 0.6 is 0 Å². The molecule has 1 N–H and O–H groups in total. The molecule has 1 aliphatic carbocycles. The van der Waals surface area contributed by atoms with E-state index in [1.807, 2.05) is 0 Å². The maximum atomic E-state index is 11.5. The van der Waals surface area contributed by atoms with Gasteiger partial charge >= 0.3 is 11.7 Å². The van der Waals surface area contributed by atoms with Gasteiger partial charge in [-0.1, -0.05) is 0 Å². The molecule has 0 atom stereocenters. The second-order valence-electron chi connectivity index (χ2n) is 4.15. The van der Waals surface area contributed by atoms with Crippen LogP contribution in [0.1, 0.15) is 31.7 Å². The first-order valence-electron chi connectivity index (χ1n) is 5.44. The molecule has 1 saturated carbocycles. The lowest BCUT2D eigenvalue weighted by Gasteiger charge is -2.27. The largest absolute Gasteiger partial charge is 0.481 e. The number of nitrogens with zero attached hydrogens (tertiary/aromatic N) is 2. The van der Waals surface area contributed by atoms with Crippen LogP contribution in [0.2, 0.25) is 0 Å². The fourth-order valence-corrected chi connectivity index (χ4v) is 2.25. The minimum absolute atomic E-state index is 0.108. The third-order valence-electron chi connectivity index (χ3n) is 3.18. The summed E-state index contributed by atoms with van der Waals surface area (Å²) < 4.78 is 1.61. The highest BCUT2D eigenvalue weighted by molar-refractivity contribution is 5.70. The number of rotatable bonds is 2. The molecule has 1 heterocycles. The molecule has 1 aromatic rings. The summed E-state index contributed by atoms with van der Waals surface area (Å²) in [5, 5.41) is 8.87. The van der Waals surface area contributed by atoms with Gasteiger partial charge in [-0.05, 0) is 31.7 Å². The molecular weight excluding hydrogens is 208 g/mol. The average molecular weight is 222 g/mol. The van der Waals surface area contributed by atoms with Gasteiger partial charge in [-0.2, -0.15) is 0 Å². The summed E-state index contributed by atoms with van der Waals surface area (Å²) in [4.78, 5) is 26.0. The average Bonchev–Trinajstić information content (AvgIpc) is 2.30. The molecular formula is C11H14N2O3. The first kappa shape index (κ1) is 10.9. The Bertz CT molecular complexity index is 433. The molecule has 1 aromatic heterocycles. The van der Waals surface area contributed by atoms with E-state index in [-0.39, 0.29) is 17.6 Å². The van der Waals surface area contributed by atoms with E-state index in [9.17, 15) is 9.59 Å². The Morgan fingerprint density at radius 1 is 1.38 bits per heavy atom. The van der Waals surface area contributed by atoms with Crippen molar-refractivity contribution in [3.8, 4) is 0 Å². The molecule has 0 unspecified atom stereocenters. The minimum atomic E-state index is -0.725. The normalized spacial score (nSPS) is 25.2. The second kappa shape index (κ2) is 4.47. The molecule has 16 heavy (non-hydrogen) atoms. The summed E-state index contributed by atoms with van der Waals surface area (Å²) in [6.07, 6.45) is 5.95. The van der Waals surface area contributed by atoms with E-state index in [4.69, 9.17) is 5.11 Å². The number of carbonyl (C=O) groups is 1. The van der Waals surface area contributed by atoms with Crippen LogP contribution < -0.4 is 5.69 Å². The third-order valence-corrected chi connectivity index (χ3v) is 3.18. The summed E-state index contributed by atoms with van der Waals surface area (Å²) in [7, 11) is 0. The summed E-state index contributed by atoms with van der Waals surface area (Å²) in [6, 6.07) is 1.84. The molecule has 86 valence electrons. The Morgan fingerprint density at radius 3 is 2.62 bits per heavy atom. The van der Waals surface area contributed by atoms with E-state index in [0.29, 0.717) is 12.8 Å². The van der Waals surface area contributed by atoms with Crippen LogP contribution in [-0.4, -0.2) is 20.6 Å². The highest BCUT2D eigenvalue weighted by atomic mass is 16.4. The quantitative estimate of drug-likeness (QED) is 0.812. The Balaban J connectivity index is 2.08. The first-order valence-corrected chi connectivity index (χ1v) is 5.44. The molecule has 0 radical (unpaired) electrons. The van der Waals surface area contributed by atoms with Gasteiger partial charge in [-0.3, -0.25) is 9.36 Å². The summed E-state index contributed by atoms with van der Waals surface area (Å²) in [5.41, 5.74) is -0.249. The van der Waals surface area contributed by atoms with Gasteiger partial charge in [0.1, 0.15) is 0 Å². The second-order valence-corrected chi connectivity index (χ2v) is 4.15. The smallest absolute Gasteiger partial charge is 0.347 e. The maximum Gasteiger partial charge on any atom is 0.347 e. The first-order chi connectivity index (χ1) is 7.68. The zero-order valence-electron chi connectivity index (χ0n) is 8.87. The number of carboxylic acids is 1. The fraction of sp³-hybridized carbons (Fsp3) is 0.545. The lowest BCUT2D eigenvalue weighted by atomic mass is 9.86. The van der Waals surface area contributed by atoms with E-state index in [0.717, 1.165) is 12.8 Å². The van der Waals surface area contributed by atoms with Gasteiger partial charge in [0.15, 0.2) is 0 Å². The van der Waals surface area contributed by atoms with Gasteiger partial charge in [0, 0.05) is 18.4 Å². The Labute approximate surface area is 92.7 Å². The van der Waals surface area contributed by atoms with Crippen molar-refractivity contribution in [2.45, 2.75) is 31.7 Å². The van der Waals surface area contributed by atoms with Crippen molar-refractivity contribution < 1.29 is 9.90 Å². The van der Waals surface area contributed by atoms with Crippen molar-refractivity contribution >= 4 is 5.97 Å². The monoisotopic (exact) mass is 222 g/mol. The van der Waals surface area contributed by atoms with Crippen LogP contribution in [0.3, 0.4) is 0 Å². The molecule has 1 fully saturated rings. The molecule has 2 rings (SSSR count). The van der Waals surface area contributed by atoms with Crippen LogP contribution in [0.5, 0.6) is 0 Å². The summed E-state index contributed by atoms with van der Waals surface area (Å²) >= 11 is 0. The topological polar surface area (TPSA) is 72.2 Å². The van der Waals surface area contributed by atoms with Gasteiger partial charge in [-0.15, -0.1) is 0 Å². The summed E-state index contributed by atoms with van der Waals surface area (Å²) in [6.45, 7) is 0. The van der Waals surface area contributed by atoms with Crippen LogP contribution in [0.15, 0.2) is 23.3 Å². The standard InChI is InChI=1S/C11H14N2O3/c14-10(15)8-2-4-9(5-3-8)13-7-1-6-12-11(13)16/h1,6-9H,2-5H2,(H,14,15). The molecule has 5 heteroatoms. The van der Waals surface area contributed by atoms with Crippen molar-refractivity contribution in [2.24, 2.45) is 5.92 Å². The molecule has 5 nitrogen and oxygen atoms in total. The lowest BCUT2D eigenvalue weighted by molar-refractivity contribution is -0.143. The predicted octanol–water partition coefficient (Wildman–Crippen LogP) is 1.06. The van der Waals surface area contributed by atoms with Crippen molar-refractivity contribution in [1.82, 2.24) is 9.55 Å².